The van der Waals surface area contributed by atoms with Gasteiger partial charge < -0.3 is 14.5 Å². The minimum absolute atomic E-state index is 0.292. The summed E-state index contributed by atoms with van der Waals surface area (Å²) in [6, 6.07) is 15.5. The van der Waals surface area contributed by atoms with Crippen molar-refractivity contribution in [2.24, 2.45) is 0 Å². The van der Waals surface area contributed by atoms with Crippen LogP contribution in [0.3, 0.4) is 0 Å². The van der Waals surface area contributed by atoms with Gasteiger partial charge in [0.25, 0.3) is 5.91 Å². The second kappa shape index (κ2) is 10.6. The van der Waals surface area contributed by atoms with E-state index in [-0.39, 0.29) is 5.91 Å². The predicted octanol–water partition coefficient (Wildman–Crippen LogP) is 3.58. The average Bonchev–Trinajstić information content (AvgIpc) is 3.37. The zero-order valence-corrected chi connectivity index (χ0v) is 20.1. The van der Waals surface area contributed by atoms with E-state index in [1.165, 1.54) is 11.3 Å². The number of amides is 1. The van der Waals surface area contributed by atoms with E-state index in [9.17, 15) is 4.79 Å². The molecule has 0 saturated carbocycles. The number of anilines is 2. The zero-order chi connectivity index (χ0) is 24.0. The molecule has 4 heterocycles. The third kappa shape index (κ3) is 5.61. The Labute approximate surface area is 207 Å². The zero-order valence-electron chi connectivity index (χ0n) is 19.3. The number of nitrogens with one attached hydrogen (secondary N) is 1. The normalized spacial score (nSPS) is 14.0. The molecular formula is C25H25N7O2S. The van der Waals surface area contributed by atoms with E-state index < -0.39 is 0 Å². The Morgan fingerprint density at radius 2 is 1.83 bits per heavy atom. The summed E-state index contributed by atoms with van der Waals surface area (Å²) in [5.74, 6) is 0.228. The highest BCUT2D eigenvalue weighted by Crippen LogP contribution is 2.30. The van der Waals surface area contributed by atoms with Crippen molar-refractivity contribution in [3.05, 3.63) is 78.2 Å². The van der Waals surface area contributed by atoms with Crippen LogP contribution in [0.4, 0.5) is 10.8 Å². The molecule has 5 rings (SSSR count). The fourth-order valence-electron chi connectivity index (χ4n) is 3.73. The summed E-state index contributed by atoms with van der Waals surface area (Å²) in [5, 5.41) is 12.3. The Morgan fingerprint density at radius 1 is 1.06 bits per heavy atom. The number of piperazine rings is 1. The lowest BCUT2D eigenvalue weighted by atomic mass is 10.2. The number of carbonyl (C=O) groups excluding carboxylic acids is 1. The SMILES string of the molecule is CN1CCN(c2cc(C(=O)Nc3nnc(-c4ccncc4)s3)cnc2OCc2ccccc2)CC1. The van der Waals surface area contributed by atoms with Crippen molar-refractivity contribution in [3.8, 4) is 16.5 Å². The molecule has 10 heteroatoms. The van der Waals surface area contributed by atoms with Crippen LogP contribution in [0.1, 0.15) is 15.9 Å². The summed E-state index contributed by atoms with van der Waals surface area (Å²) in [7, 11) is 2.11. The Bertz CT molecular complexity index is 1280. The van der Waals surface area contributed by atoms with Crippen LogP contribution in [0.5, 0.6) is 5.88 Å². The largest absolute Gasteiger partial charge is 0.471 e. The number of hydrogen-bond donors (Lipinski definition) is 1. The lowest BCUT2D eigenvalue weighted by Gasteiger charge is -2.34. The van der Waals surface area contributed by atoms with Crippen LogP contribution in [-0.2, 0) is 6.61 Å². The maximum Gasteiger partial charge on any atom is 0.259 e. The fraction of sp³-hybridized carbons (Fsp3) is 0.240. The first-order valence-electron chi connectivity index (χ1n) is 11.3. The van der Waals surface area contributed by atoms with Gasteiger partial charge in [-0.15, -0.1) is 10.2 Å². The van der Waals surface area contributed by atoms with Crippen LogP contribution in [0.25, 0.3) is 10.6 Å². The van der Waals surface area contributed by atoms with Crippen molar-refractivity contribution in [3.63, 3.8) is 0 Å². The van der Waals surface area contributed by atoms with E-state index in [2.05, 4.69) is 42.3 Å². The second-order valence-corrected chi connectivity index (χ2v) is 9.19. The van der Waals surface area contributed by atoms with Gasteiger partial charge in [0.1, 0.15) is 17.3 Å². The highest BCUT2D eigenvalue weighted by atomic mass is 32.1. The van der Waals surface area contributed by atoms with Gasteiger partial charge in [0.05, 0.1) is 5.56 Å². The molecule has 1 N–H and O–H groups in total. The molecule has 35 heavy (non-hydrogen) atoms. The molecule has 9 nitrogen and oxygen atoms in total. The minimum atomic E-state index is -0.292. The number of aromatic nitrogens is 4. The molecule has 0 radical (unpaired) electrons. The van der Waals surface area contributed by atoms with Crippen molar-refractivity contribution < 1.29 is 9.53 Å². The van der Waals surface area contributed by atoms with Gasteiger partial charge in [0, 0.05) is 50.3 Å². The summed E-state index contributed by atoms with van der Waals surface area (Å²) in [6.45, 7) is 3.92. The van der Waals surface area contributed by atoms with Gasteiger partial charge in [-0.2, -0.15) is 0 Å². The molecule has 1 aliphatic heterocycles. The van der Waals surface area contributed by atoms with Crippen LogP contribution in [-0.4, -0.2) is 64.2 Å². The van der Waals surface area contributed by atoms with Crippen molar-refractivity contribution in [2.45, 2.75) is 6.61 Å². The van der Waals surface area contributed by atoms with E-state index in [4.69, 9.17) is 4.74 Å². The minimum Gasteiger partial charge on any atom is -0.471 e. The maximum absolute atomic E-state index is 13.0. The van der Waals surface area contributed by atoms with Gasteiger partial charge in [-0.1, -0.05) is 41.7 Å². The second-order valence-electron chi connectivity index (χ2n) is 8.22. The highest BCUT2D eigenvalue weighted by Gasteiger charge is 2.21. The molecule has 0 unspecified atom stereocenters. The molecule has 1 aromatic carbocycles. The first-order valence-corrected chi connectivity index (χ1v) is 12.1. The van der Waals surface area contributed by atoms with Gasteiger partial charge in [0.15, 0.2) is 0 Å². The molecule has 3 aromatic heterocycles. The van der Waals surface area contributed by atoms with Crippen LogP contribution in [0.15, 0.2) is 67.1 Å². The smallest absolute Gasteiger partial charge is 0.259 e. The lowest BCUT2D eigenvalue weighted by Crippen LogP contribution is -2.44. The molecule has 1 aliphatic rings. The van der Waals surface area contributed by atoms with Crippen LogP contribution in [0.2, 0.25) is 0 Å². The molecule has 1 saturated heterocycles. The van der Waals surface area contributed by atoms with E-state index >= 15 is 0 Å². The quantitative estimate of drug-likeness (QED) is 0.423. The van der Waals surface area contributed by atoms with E-state index in [0.29, 0.717) is 28.2 Å². The number of nitrogens with zero attached hydrogens (tertiary/aromatic N) is 6. The average molecular weight is 488 g/mol. The molecule has 178 valence electrons. The standard InChI is InChI=1S/C25H25N7O2S/c1-31-11-13-32(14-12-31)21-15-20(16-27-23(21)34-17-18-5-3-2-4-6-18)22(33)28-25-30-29-24(35-25)19-7-9-26-10-8-19/h2-10,15-16H,11-14,17H2,1H3,(H,28,30,33). The van der Waals surface area contributed by atoms with Gasteiger partial charge in [-0.3, -0.25) is 15.1 Å². The van der Waals surface area contributed by atoms with Crippen LogP contribution in [0, 0.1) is 0 Å². The Hall–Kier alpha value is -3.89. The van der Waals surface area contributed by atoms with Crippen molar-refractivity contribution in [1.82, 2.24) is 25.1 Å². The van der Waals surface area contributed by atoms with Gasteiger partial charge >= 0.3 is 0 Å². The number of benzene rings is 1. The summed E-state index contributed by atoms with van der Waals surface area (Å²) >= 11 is 1.31. The molecule has 0 aliphatic carbocycles. The van der Waals surface area contributed by atoms with Gasteiger partial charge in [0.2, 0.25) is 11.0 Å². The summed E-state index contributed by atoms with van der Waals surface area (Å²) in [6.07, 6.45) is 4.93. The number of carbonyl (C=O) groups is 1. The van der Waals surface area contributed by atoms with Crippen molar-refractivity contribution >= 4 is 28.1 Å². The highest BCUT2D eigenvalue weighted by molar-refractivity contribution is 7.18. The predicted molar refractivity (Wildman–Crippen MR) is 136 cm³/mol. The molecular weight excluding hydrogens is 462 g/mol. The van der Waals surface area contributed by atoms with E-state index in [0.717, 1.165) is 43.0 Å². The third-order valence-corrected chi connectivity index (χ3v) is 6.62. The monoisotopic (exact) mass is 487 g/mol. The van der Waals surface area contributed by atoms with Crippen molar-refractivity contribution in [2.75, 3.05) is 43.4 Å². The Balaban J connectivity index is 1.35. The molecule has 0 bridgehead atoms. The molecule has 0 atom stereocenters. The summed E-state index contributed by atoms with van der Waals surface area (Å²) in [4.78, 5) is 26.1. The first-order chi connectivity index (χ1) is 17.2. The summed E-state index contributed by atoms with van der Waals surface area (Å²) < 4.78 is 6.09. The molecule has 1 fully saturated rings. The Morgan fingerprint density at radius 3 is 2.60 bits per heavy atom. The molecule has 4 aromatic rings. The van der Waals surface area contributed by atoms with Gasteiger partial charge in [-0.05, 0) is 30.8 Å². The fourth-order valence-corrected chi connectivity index (χ4v) is 4.47. The lowest BCUT2D eigenvalue weighted by molar-refractivity contribution is 0.102. The van der Waals surface area contributed by atoms with Crippen LogP contribution >= 0.6 is 11.3 Å². The molecule has 1 amide bonds. The van der Waals surface area contributed by atoms with E-state index in [1.807, 2.05) is 48.5 Å². The third-order valence-electron chi connectivity index (χ3n) is 5.73. The number of rotatable bonds is 7. The topological polar surface area (TPSA) is 96.4 Å². The van der Waals surface area contributed by atoms with Gasteiger partial charge in [-0.25, -0.2) is 4.98 Å². The van der Waals surface area contributed by atoms with Crippen LogP contribution < -0.4 is 15.0 Å². The molecule has 0 spiro atoms. The maximum atomic E-state index is 13.0. The number of ether oxygens (including phenoxy) is 1. The van der Waals surface area contributed by atoms with Crippen molar-refractivity contribution in [1.29, 1.82) is 0 Å². The number of pyridine rings is 2. The Kier molecular flexibility index (Phi) is 6.92. The first kappa shape index (κ1) is 22.9. The number of hydrogen-bond acceptors (Lipinski definition) is 9. The number of likely N-dealkylation sites (N-methyl/N-ethyl adjacent to an activating group) is 1. The van der Waals surface area contributed by atoms with E-state index in [1.54, 1.807) is 18.6 Å². The summed E-state index contributed by atoms with van der Waals surface area (Å²) in [5.41, 5.74) is 3.21.